The third-order valence-corrected chi connectivity index (χ3v) is 4.77. The fraction of sp³-hybridized carbons (Fsp3) is 0. The summed E-state index contributed by atoms with van der Waals surface area (Å²) in [5.74, 6) is -1.03. The number of fused-ring (bicyclic) bond motifs is 4. The zero-order valence-corrected chi connectivity index (χ0v) is 13.9. The van der Waals surface area contributed by atoms with Crippen LogP contribution in [0, 0.1) is 5.82 Å². The summed E-state index contributed by atoms with van der Waals surface area (Å²) in [7, 11) is 0. The Balaban J connectivity index is 2.26. The van der Waals surface area contributed by atoms with Crippen LogP contribution in [-0.2, 0) is 0 Å². The number of nitrogens with zero attached hydrogens (tertiary/aromatic N) is 2. The summed E-state index contributed by atoms with van der Waals surface area (Å²) in [6.07, 6.45) is 0. The molecule has 0 N–H and O–H groups in total. The van der Waals surface area contributed by atoms with Gasteiger partial charge in [-0.1, -0.05) is 12.1 Å². The summed E-state index contributed by atoms with van der Waals surface area (Å²) in [6, 6.07) is 8.15. The Hall–Kier alpha value is -1.86. The number of hydrogen-bond acceptors (Lipinski definition) is 3. The van der Waals surface area contributed by atoms with E-state index in [0.29, 0.717) is 15.7 Å². The highest BCUT2D eigenvalue weighted by Crippen LogP contribution is 2.32. The molecule has 0 unspecified atom stereocenters. The van der Waals surface area contributed by atoms with Crippen LogP contribution in [0.2, 0.25) is 0 Å². The van der Waals surface area contributed by atoms with E-state index in [0.717, 1.165) is 0 Å². The maximum absolute atomic E-state index is 14.4. The fourth-order valence-electron chi connectivity index (χ4n) is 2.61. The highest BCUT2D eigenvalue weighted by atomic mass is 79.9. The largest absolute Gasteiger partial charge is 0.285 e. The van der Waals surface area contributed by atoms with Gasteiger partial charge in [0, 0.05) is 4.47 Å². The summed E-state index contributed by atoms with van der Waals surface area (Å²) in [5, 5.41) is -0.158. The average Bonchev–Trinajstić information content (AvgIpc) is 2.79. The number of aromatic nitrogens is 2. The van der Waals surface area contributed by atoms with E-state index in [1.165, 1.54) is 10.6 Å². The summed E-state index contributed by atoms with van der Waals surface area (Å²) >= 11 is 6.34. The molecule has 0 spiro atoms. The predicted molar refractivity (Wildman–Crippen MR) is 86.1 cm³/mol. The summed E-state index contributed by atoms with van der Waals surface area (Å²) in [5.41, 5.74) is 0.353. The molecule has 0 saturated carbocycles. The summed E-state index contributed by atoms with van der Waals surface area (Å²) in [4.78, 5) is 29.4. The number of ketones is 1. The van der Waals surface area contributed by atoms with Gasteiger partial charge in [0.05, 0.1) is 21.2 Å². The number of carbonyl (C=O) groups is 1. The van der Waals surface area contributed by atoms with E-state index in [9.17, 15) is 14.0 Å². The quantitative estimate of drug-likeness (QED) is 0.406. The second kappa shape index (κ2) is 4.57. The lowest BCUT2D eigenvalue weighted by atomic mass is 10.1. The Kier molecular flexibility index (Phi) is 2.86. The van der Waals surface area contributed by atoms with Crippen molar-refractivity contribution in [1.82, 2.24) is 9.55 Å². The molecular weight excluding hydrogens is 419 g/mol. The van der Waals surface area contributed by atoms with Crippen LogP contribution in [0.1, 0.15) is 16.2 Å². The van der Waals surface area contributed by atoms with Gasteiger partial charge in [-0.2, -0.15) is 0 Å². The molecule has 1 aliphatic rings. The molecule has 1 aromatic heterocycles. The first-order valence-electron chi connectivity index (χ1n) is 6.25. The molecule has 0 radical (unpaired) electrons. The minimum atomic E-state index is -0.692. The first-order chi connectivity index (χ1) is 10.5. The molecule has 0 saturated heterocycles. The van der Waals surface area contributed by atoms with E-state index in [4.69, 9.17) is 0 Å². The molecule has 0 fully saturated rings. The van der Waals surface area contributed by atoms with Gasteiger partial charge in [0.1, 0.15) is 5.39 Å². The SMILES string of the molecule is O=C1c2ccccc2-n2c1nc1c(Br)cc(Br)c(F)c1c2=O. The number of benzene rings is 2. The smallest absolute Gasteiger partial charge is 0.269 e. The van der Waals surface area contributed by atoms with Gasteiger partial charge in [-0.05, 0) is 50.1 Å². The molecule has 0 atom stereocenters. The lowest BCUT2D eigenvalue weighted by molar-refractivity contribution is 0.103. The third-order valence-electron chi connectivity index (χ3n) is 3.58. The average molecular weight is 424 g/mol. The number of carbonyl (C=O) groups excluding carboxylic acids is 1. The van der Waals surface area contributed by atoms with Crippen LogP contribution in [0.15, 0.2) is 44.1 Å². The molecule has 108 valence electrons. The molecule has 4 rings (SSSR count). The van der Waals surface area contributed by atoms with Crippen LogP contribution in [0.3, 0.4) is 0 Å². The van der Waals surface area contributed by atoms with Gasteiger partial charge in [0.25, 0.3) is 5.56 Å². The number of rotatable bonds is 0. The maximum Gasteiger partial charge on any atom is 0.269 e. The Labute approximate surface area is 139 Å². The first kappa shape index (κ1) is 13.8. The molecule has 3 aromatic rings. The van der Waals surface area contributed by atoms with Crippen molar-refractivity contribution in [1.29, 1.82) is 0 Å². The molecule has 2 aromatic carbocycles. The monoisotopic (exact) mass is 422 g/mol. The Morgan fingerprint density at radius 2 is 1.82 bits per heavy atom. The lowest BCUT2D eigenvalue weighted by Gasteiger charge is -2.08. The van der Waals surface area contributed by atoms with E-state index in [1.54, 1.807) is 24.3 Å². The molecule has 7 heteroatoms. The molecule has 0 bridgehead atoms. The maximum atomic E-state index is 14.4. The number of halogens is 3. The minimum absolute atomic E-state index is 0.00104. The Morgan fingerprint density at radius 3 is 2.59 bits per heavy atom. The van der Waals surface area contributed by atoms with Crippen LogP contribution in [0.25, 0.3) is 16.6 Å². The lowest BCUT2D eigenvalue weighted by Crippen LogP contribution is -2.22. The van der Waals surface area contributed by atoms with Gasteiger partial charge in [-0.25, -0.2) is 9.37 Å². The van der Waals surface area contributed by atoms with Gasteiger partial charge in [-0.3, -0.25) is 14.2 Å². The minimum Gasteiger partial charge on any atom is -0.285 e. The van der Waals surface area contributed by atoms with Gasteiger partial charge < -0.3 is 0 Å². The number of hydrogen-bond donors (Lipinski definition) is 0. The van der Waals surface area contributed by atoms with E-state index in [2.05, 4.69) is 36.8 Å². The van der Waals surface area contributed by atoms with Crippen molar-refractivity contribution in [2.45, 2.75) is 0 Å². The fourth-order valence-corrected chi connectivity index (χ4v) is 3.86. The molecule has 1 aliphatic heterocycles. The van der Waals surface area contributed by atoms with Crippen LogP contribution in [0.5, 0.6) is 0 Å². The molecule has 2 heterocycles. The van der Waals surface area contributed by atoms with E-state index in [-0.39, 0.29) is 27.0 Å². The van der Waals surface area contributed by atoms with Crippen molar-refractivity contribution < 1.29 is 9.18 Å². The molecule has 0 amide bonds. The zero-order chi connectivity index (χ0) is 15.6. The van der Waals surface area contributed by atoms with Crippen molar-refractivity contribution in [3.8, 4) is 5.69 Å². The van der Waals surface area contributed by atoms with Crippen LogP contribution < -0.4 is 5.56 Å². The van der Waals surface area contributed by atoms with Crippen LogP contribution >= 0.6 is 31.9 Å². The van der Waals surface area contributed by atoms with Crippen molar-refractivity contribution in [3.05, 3.63) is 66.8 Å². The van der Waals surface area contributed by atoms with Gasteiger partial charge in [-0.15, -0.1) is 0 Å². The third kappa shape index (κ3) is 1.63. The second-order valence-corrected chi connectivity index (χ2v) is 6.51. The Morgan fingerprint density at radius 1 is 1.09 bits per heavy atom. The van der Waals surface area contributed by atoms with Crippen LogP contribution in [-0.4, -0.2) is 15.3 Å². The Bertz CT molecular complexity index is 1060. The summed E-state index contributed by atoms with van der Waals surface area (Å²) < 4.78 is 16.1. The number of para-hydroxylation sites is 1. The van der Waals surface area contributed by atoms with Gasteiger partial charge in [0.15, 0.2) is 11.6 Å². The second-order valence-electron chi connectivity index (χ2n) is 4.80. The van der Waals surface area contributed by atoms with Gasteiger partial charge >= 0.3 is 0 Å². The van der Waals surface area contributed by atoms with Crippen molar-refractivity contribution >= 4 is 48.5 Å². The van der Waals surface area contributed by atoms with E-state index < -0.39 is 11.4 Å². The van der Waals surface area contributed by atoms with Crippen molar-refractivity contribution in [3.63, 3.8) is 0 Å². The van der Waals surface area contributed by atoms with Crippen LogP contribution in [0.4, 0.5) is 4.39 Å². The van der Waals surface area contributed by atoms with Crippen molar-refractivity contribution in [2.75, 3.05) is 0 Å². The normalized spacial score (nSPS) is 12.6. The predicted octanol–water partition coefficient (Wildman–Crippen LogP) is 3.59. The zero-order valence-electron chi connectivity index (χ0n) is 10.7. The molecule has 22 heavy (non-hydrogen) atoms. The molecular formula is C15H5Br2FN2O2. The van der Waals surface area contributed by atoms with E-state index in [1.807, 2.05) is 0 Å². The van der Waals surface area contributed by atoms with E-state index >= 15 is 0 Å². The first-order valence-corrected chi connectivity index (χ1v) is 7.83. The highest BCUT2D eigenvalue weighted by Gasteiger charge is 2.31. The van der Waals surface area contributed by atoms with Gasteiger partial charge in [0.2, 0.25) is 5.78 Å². The standard InChI is InChI=1S/C15H5Br2FN2O2/c16-7-5-8(17)12-10(11(7)18)15(22)20-9-4-2-1-3-6(9)13(21)14(20)19-12/h1-5H. The molecule has 0 aliphatic carbocycles. The molecule has 4 nitrogen and oxygen atoms in total. The summed E-state index contributed by atoms with van der Waals surface area (Å²) in [6.45, 7) is 0. The van der Waals surface area contributed by atoms with Crippen molar-refractivity contribution in [2.24, 2.45) is 0 Å². The topological polar surface area (TPSA) is 52.0 Å². The highest BCUT2D eigenvalue weighted by molar-refractivity contribution is 9.11.